The lowest BCUT2D eigenvalue weighted by molar-refractivity contribution is 0.167. The van der Waals surface area contributed by atoms with E-state index >= 15 is 0 Å². The van der Waals surface area contributed by atoms with E-state index in [4.69, 9.17) is 9.47 Å². The average molecular weight is 236 g/mol. The Kier molecular flexibility index (Phi) is 3.74. The molecule has 0 N–H and O–H groups in total. The summed E-state index contributed by atoms with van der Waals surface area (Å²) in [7, 11) is 1.78. The molecule has 2 aliphatic rings. The van der Waals surface area contributed by atoms with Crippen LogP contribution in [-0.2, 0) is 9.47 Å². The summed E-state index contributed by atoms with van der Waals surface area (Å²) in [6.07, 6.45) is 11.2. The molecule has 2 rings (SSSR count). The third-order valence-corrected chi connectivity index (χ3v) is 3.76. The highest BCUT2D eigenvalue weighted by atomic mass is 16.6. The molecule has 0 saturated carbocycles. The maximum absolute atomic E-state index is 5.72. The van der Waals surface area contributed by atoms with Gasteiger partial charge in [0.1, 0.15) is 0 Å². The van der Waals surface area contributed by atoms with Crippen molar-refractivity contribution in [1.29, 1.82) is 0 Å². The Hall–Kier alpha value is -0.600. The van der Waals surface area contributed by atoms with Gasteiger partial charge >= 0.3 is 0 Å². The van der Waals surface area contributed by atoms with E-state index in [1.54, 1.807) is 7.11 Å². The van der Waals surface area contributed by atoms with Crippen LogP contribution in [0.1, 0.15) is 40.0 Å². The fraction of sp³-hybridized carbons (Fsp3) is 0.733. The normalized spacial score (nSPS) is 41.6. The van der Waals surface area contributed by atoms with Crippen LogP contribution in [0, 0.1) is 5.41 Å². The molecule has 3 atom stereocenters. The molecule has 0 aromatic heterocycles. The molecule has 0 bridgehead atoms. The smallest absolute Gasteiger partial charge is 0.0960 e. The van der Waals surface area contributed by atoms with E-state index < -0.39 is 0 Å². The number of hydrogen-bond acceptors (Lipinski definition) is 2. The second-order valence-corrected chi connectivity index (χ2v) is 5.95. The number of ether oxygens (including phenoxy) is 2. The number of methoxy groups -OCH3 is 1. The Morgan fingerprint density at radius 3 is 2.82 bits per heavy atom. The Morgan fingerprint density at radius 2 is 2.12 bits per heavy atom. The van der Waals surface area contributed by atoms with Crippen molar-refractivity contribution in [3.8, 4) is 0 Å². The zero-order valence-corrected chi connectivity index (χ0v) is 11.4. The third kappa shape index (κ3) is 3.43. The van der Waals surface area contributed by atoms with Crippen molar-refractivity contribution in [3.63, 3.8) is 0 Å². The molecule has 2 heteroatoms. The monoisotopic (exact) mass is 236 g/mol. The molecule has 0 radical (unpaired) electrons. The van der Waals surface area contributed by atoms with Crippen LogP contribution < -0.4 is 0 Å². The van der Waals surface area contributed by atoms with Gasteiger partial charge in [0, 0.05) is 7.11 Å². The minimum atomic E-state index is 0.129. The zero-order chi connectivity index (χ0) is 12.5. The molecule has 96 valence electrons. The predicted octanol–water partition coefficient (Wildman–Crippen LogP) is 3.48. The summed E-state index contributed by atoms with van der Waals surface area (Å²) in [6, 6.07) is 0. The van der Waals surface area contributed by atoms with Crippen LogP contribution in [0.5, 0.6) is 0 Å². The molecular formula is C15H24O2. The fourth-order valence-corrected chi connectivity index (χ4v) is 2.55. The van der Waals surface area contributed by atoms with E-state index in [1.807, 2.05) is 0 Å². The summed E-state index contributed by atoms with van der Waals surface area (Å²) in [5.41, 5.74) is 1.50. The molecule has 0 amide bonds. The van der Waals surface area contributed by atoms with Gasteiger partial charge in [-0.25, -0.2) is 0 Å². The molecule has 1 aliphatic heterocycles. The Bertz CT molecular complexity index is 328. The van der Waals surface area contributed by atoms with E-state index in [0.717, 1.165) is 19.3 Å². The van der Waals surface area contributed by atoms with Gasteiger partial charge in [-0.2, -0.15) is 0 Å². The molecule has 3 unspecified atom stereocenters. The van der Waals surface area contributed by atoms with Crippen molar-refractivity contribution < 1.29 is 9.47 Å². The van der Waals surface area contributed by atoms with Crippen molar-refractivity contribution >= 4 is 0 Å². The van der Waals surface area contributed by atoms with Crippen LogP contribution >= 0.6 is 0 Å². The lowest BCUT2D eigenvalue weighted by Gasteiger charge is -2.20. The van der Waals surface area contributed by atoms with Crippen LogP contribution in [0.2, 0.25) is 0 Å². The summed E-state index contributed by atoms with van der Waals surface area (Å²) in [6.45, 7) is 6.69. The molecule has 0 aromatic rings. The number of rotatable bonds is 1. The molecule has 17 heavy (non-hydrogen) atoms. The number of fused-ring (bicyclic) bond motifs is 1. The van der Waals surface area contributed by atoms with Gasteiger partial charge in [0.25, 0.3) is 0 Å². The lowest BCUT2D eigenvalue weighted by atomic mass is 9.86. The SMILES string of the molecule is COC1/C=C/C(C)(C)CC2OC2CC/C=C/1C. The van der Waals surface area contributed by atoms with Crippen molar-refractivity contribution in [1.82, 2.24) is 0 Å². The second kappa shape index (κ2) is 4.95. The number of allylic oxidation sites excluding steroid dienone is 2. The highest BCUT2D eigenvalue weighted by Crippen LogP contribution is 2.38. The first-order chi connectivity index (χ1) is 8.02. The van der Waals surface area contributed by atoms with Crippen LogP contribution in [0.25, 0.3) is 0 Å². The van der Waals surface area contributed by atoms with Gasteiger partial charge in [0.05, 0.1) is 18.3 Å². The molecule has 1 heterocycles. The Morgan fingerprint density at radius 1 is 1.35 bits per heavy atom. The average Bonchev–Trinajstić information content (AvgIpc) is 2.95. The van der Waals surface area contributed by atoms with Crippen molar-refractivity contribution in [2.45, 2.75) is 58.3 Å². The van der Waals surface area contributed by atoms with Crippen LogP contribution in [0.3, 0.4) is 0 Å². The standard InChI is InChI=1S/C15H24O2/c1-11-6-5-7-13-14(17-13)10-15(2,3)9-8-12(11)16-4/h6,8-9,12-14H,5,7,10H2,1-4H3/b9-8+,11-6+. The second-order valence-electron chi connectivity index (χ2n) is 5.95. The van der Waals surface area contributed by atoms with E-state index in [0.29, 0.717) is 12.2 Å². The maximum Gasteiger partial charge on any atom is 0.0960 e. The van der Waals surface area contributed by atoms with Gasteiger partial charge in [-0.05, 0) is 37.2 Å². The fourth-order valence-electron chi connectivity index (χ4n) is 2.55. The zero-order valence-electron chi connectivity index (χ0n) is 11.4. The maximum atomic E-state index is 5.72. The molecule has 1 saturated heterocycles. The molecule has 0 spiro atoms. The molecule has 1 fully saturated rings. The van der Waals surface area contributed by atoms with E-state index in [9.17, 15) is 0 Å². The van der Waals surface area contributed by atoms with Gasteiger partial charge in [-0.1, -0.05) is 32.1 Å². The molecular weight excluding hydrogens is 212 g/mol. The summed E-state index contributed by atoms with van der Waals surface area (Å²) in [5, 5.41) is 0. The first-order valence-corrected chi connectivity index (χ1v) is 6.56. The topological polar surface area (TPSA) is 21.8 Å². The van der Waals surface area contributed by atoms with Gasteiger partial charge in [-0.3, -0.25) is 0 Å². The summed E-state index contributed by atoms with van der Waals surface area (Å²) in [4.78, 5) is 0. The third-order valence-electron chi connectivity index (χ3n) is 3.76. The molecule has 1 aliphatic carbocycles. The van der Waals surface area contributed by atoms with Gasteiger partial charge in [-0.15, -0.1) is 0 Å². The van der Waals surface area contributed by atoms with E-state index in [1.165, 1.54) is 5.57 Å². The molecule has 0 aromatic carbocycles. The van der Waals surface area contributed by atoms with Crippen molar-refractivity contribution in [2.75, 3.05) is 7.11 Å². The van der Waals surface area contributed by atoms with Gasteiger partial charge in [0.15, 0.2) is 0 Å². The predicted molar refractivity (Wildman–Crippen MR) is 70.0 cm³/mol. The van der Waals surface area contributed by atoms with E-state index in [-0.39, 0.29) is 11.5 Å². The van der Waals surface area contributed by atoms with Crippen molar-refractivity contribution in [3.05, 3.63) is 23.8 Å². The summed E-state index contributed by atoms with van der Waals surface area (Å²) in [5.74, 6) is 0. The van der Waals surface area contributed by atoms with Gasteiger partial charge < -0.3 is 9.47 Å². The quantitative estimate of drug-likeness (QED) is 0.513. The Labute approximate surface area is 105 Å². The number of epoxide rings is 1. The summed E-state index contributed by atoms with van der Waals surface area (Å²) >= 11 is 0. The van der Waals surface area contributed by atoms with E-state index in [2.05, 4.69) is 39.0 Å². The minimum absolute atomic E-state index is 0.129. The Balaban J connectivity index is 2.14. The van der Waals surface area contributed by atoms with Crippen LogP contribution in [0.15, 0.2) is 23.8 Å². The molecule has 2 nitrogen and oxygen atoms in total. The highest BCUT2D eigenvalue weighted by molar-refractivity contribution is 5.16. The first kappa shape index (κ1) is 12.8. The lowest BCUT2D eigenvalue weighted by Crippen LogP contribution is -2.14. The largest absolute Gasteiger partial charge is 0.373 e. The van der Waals surface area contributed by atoms with Crippen molar-refractivity contribution in [2.24, 2.45) is 5.41 Å². The number of hydrogen-bond donors (Lipinski definition) is 0. The minimum Gasteiger partial charge on any atom is -0.373 e. The highest BCUT2D eigenvalue weighted by Gasteiger charge is 2.41. The first-order valence-electron chi connectivity index (χ1n) is 6.56. The summed E-state index contributed by atoms with van der Waals surface area (Å²) < 4.78 is 11.2. The van der Waals surface area contributed by atoms with Gasteiger partial charge in [0.2, 0.25) is 0 Å². The van der Waals surface area contributed by atoms with Crippen LogP contribution in [-0.4, -0.2) is 25.4 Å². The van der Waals surface area contributed by atoms with Crippen LogP contribution in [0.4, 0.5) is 0 Å².